The predicted molar refractivity (Wildman–Crippen MR) is 111 cm³/mol. The number of fused-ring (bicyclic) bond motifs is 1. The van der Waals surface area contributed by atoms with Crippen LogP contribution in [0.5, 0.6) is 28.7 Å². The van der Waals surface area contributed by atoms with Crippen molar-refractivity contribution in [3.63, 3.8) is 0 Å². The largest absolute Gasteiger partial charge is 0.493 e. The smallest absolute Gasteiger partial charge is 0.316 e. The molecule has 30 heavy (non-hydrogen) atoms. The van der Waals surface area contributed by atoms with Gasteiger partial charge in [0.2, 0.25) is 11.5 Å². The highest BCUT2D eigenvalue weighted by molar-refractivity contribution is 6.14. The summed E-state index contributed by atoms with van der Waals surface area (Å²) in [5.41, 5.74) is 0.326. The monoisotopic (exact) mass is 412 g/mol. The van der Waals surface area contributed by atoms with Crippen LogP contribution in [0.2, 0.25) is 0 Å². The summed E-state index contributed by atoms with van der Waals surface area (Å²) >= 11 is 0. The van der Waals surface area contributed by atoms with Crippen molar-refractivity contribution in [1.82, 2.24) is 0 Å². The molecule has 0 spiro atoms. The van der Waals surface area contributed by atoms with Crippen molar-refractivity contribution in [2.75, 3.05) is 21.3 Å². The molecule has 3 rings (SSSR count). The molecule has 1 aliphatic heterocycles. The lowest BCUT2D eigenvalue weighted by Gasteiger charge is -2.16. The lowest BCUT2D eigenvalue weighted by atomic mass is 9.97. The number of carbonyl (C=O) groups is 2. The Labute approximate surface area is 175 Å². The van der Waals surface area contributed by atoms with Crippen LogP contribution in [0, 0.1) is 5.41 Å². The third-order valence-corrected chi connectivity index (χ3v) is 4.49. The van der Waals surface area contributed by atoms with Gasteiger partial charge in [0.1, 0.15) is 11.5 Å². The quantitative estimate of drug-likeness (QED) is 0.412. The predicted octanol–water partition coefficient (Wildman–Crippen LogP) is 4.28. The molecule has 0 aliphatic carbocycles. The summed E-state index contributed by atoms with van der Waals surface area (Å²) in [6, 6.07) is 8.14. The summed E-state index contributed by atoms with van der Waals surface area (Å²) in [4.78, 5) is 24.9. The van der Waals surface area contributed by atoms with E-state index in [1.807, 2.05) is 0 Å². The lowest BCUT2D eigenvalue weighted by molar-refractivity contribution is -0.143. The molecule has 1 aliphatic rings. The van der Waals surface area contributed by atoms with Gasteiger partial charge in [-0.15, -0.1) is 0 Å². The second-order valence-corrected chi connectivity index (χ2v) is 7.66. The average Bonchev–Trinajstić information content (AvgIpc) is 3.01. The fourth-order valence-electron chi connectivity index (χ4n) is 2.87. The van der Waals surface area contributed by atoms with Crippen LogP contribution in [0.4, 0.5) is 0 Å². The molecule has 0 bridgehead atoms. The molecule has 0 saturated carbocycles. The Kier molecular flexibility index (Phi) is 5.73. The molecule has 0 fully saturated rings. The van der Waals surface area contributed by atoms with Gasteiger partial charge in [-0.2, -0.15) is 0 Å². The van der Waals surface area contributed by atoms with Gasteiger partial charge in [0, 0.05) is 11.6 Å². The number of Topliss-reactive ketones (excluding diaryl/α,β-unsaturated/α-hetero) is 1. The third kappa shape index (κ3) is 3.96. The topological polar surface area (TPSA) is 80.3 Å². The van der Waals surface area contributed by atoms with Crippen molar-refractivity contribution in [2.45, 2.75) is 20.8 Å². The van der Waals surface area contributed by atoms with E-state index in [0.29, 0.717) is 39.9 Å². The summed E-state index contributed by atoms with van der Waals surface area (Å²) in [6.07, 6.45) is 1.57. The van der Waals surface area contributed by atoms with E-state index in [2.05, 4.69) is 0 Å². The summed E-state index contributed by atoms with van der Waals surface area (Å²) in [7, 11) is 4.53. The zero-order valence-corrected chi connectivity index (χ0v) is 17.8. The minimum atomic E-state index is -0.648. The molecule has 158 valence electrons. The maximum absolute atomic E-state index is 12.8. The number of ether oxygens (including phenoxy) is 5. The normalized spacial score (nSPS) is 14.2. The zero-order valence-electron chi connectivity index (χ0n) is 17.8. The van der Waals surface area contributed by atoms with E-state index in [1.54, 1.807) is 51.1 Å². The Hall–Kier alpha value is -3.48. The first-order valence-electron chi connectivity index (χ1n) is 9.29. The Morgan fingerprint density at radius 1 is 0.967 bits per heavy atom. The van der Waals surface area contributed by atoms with Gasteiger partial charge < -0.3 is 23.7 Å². The van der Waals surface area contributed by atoms with Crippen molar-refractivity contribution in [1.29, 1.82) is 0 Å². The van der Waals surface area contributed by atoms with E-state index in [-0.39, 0.29) is 17.5 Å². The fraction of sp³-hybridized carbons (Fsp3) is 0.304. The summed E-state index contributed by atoms with van der Waals surface area (Å²) < 4.78 is 27.2. The van der Waals surface area contributed by atoms with Crippen molar-refractivity contribution >= 4 is 17.8 Å². The van der Waals surface area contributed by atoms with Crippen LogP contribution in [0.1, 0.15) is 36.7 Å². The number of rotatable bonds is 5. The lowest BCUT2D eigenvalue weighted by Crippen LogP contribution is -2.25. The van der Waals surface area contributed by atoms with E-state index in [9.17, 15) is 9.59 Å². The number of esters is 1. The molecule has 2 aromatic rings. The Bertz CT molecular complexity index is 1030. The molecular weight excluding hydrogens is 388 g/mol. The van der Waals surface area contributed by atoms with Crippen LogP contribution in [0.25, 0.3) is 6.08 Å². The molecule has 0 radical (unpaired) electrons. The second-order valence-electron chi connectivity index (χ2n) is 7.66. The highest BCUT2D eigenvalue weighted by Gasteiger charge is 2.30. The Balaban J connectivity index is 1.93. The maximum Gasteiger partial charge on any atom is 0.316 e. The molecule has 7 heteroatoms. The zero-order chi connectivity index (χ0) is 22.1. The first kappa shape index (κ1) is 21.2. The number of benzene rings is 2. The first-order valence-corrected chi connectivity index (χ1v) is 9.29. The molecule has 0 N–H and O–H groups in total. The van der Waals surface area contributed by atoms with Gasteiger partial charge in [-0.25, -0.2) is 0 Å². The molecule has 1 heterocycles. The maximum atomic E-state index is 12.8. The summed E-state index contributed by atoms with van der Waals surface area (Å²) in [5.74, 6) is 1.42. The Morgan fingerprint density at radius 3 is 2.27 bits per heavy atom. The van der Waals surface area contributed by atoms with Gasteiger partial charge in [0.15, 0.2) is 17.3 Å². The van der Waals surface area contributed by atoms with Gasteiger partial charge in [-0.1, -0.05) is 0 Å². The minimum Gasteiger partial charge on any atom is -0.493 e. The molecule has 0 saturated heterocycles. The molecule has 7 nitrogen and oxygen atoms in total. The summed E-state index contributed by atoms with van der Waals surface area (Å²) in [6.45, 7) is 5.29. The van der Waals surface area contributed by atoms with Gasteiger partial charge in [0.25, 0.3) is 0 Å². The van der Waals surface area contributed by atoms with Crippen LogP contribution in [-0.4, -0.2) is 33.1 Å². The molecule has 0 unspecified atom stereocenters. The summed E-state index contributed by atoms with van der Waals surface area (Å²) in [5, 5.41) is 0. The second kappa shape index (κ2) is 8.10. The SMILES string of the molecule is COc1ccc(C=C2Oc3cc(OC(=O)C(C)(C)C)ccc3C2=O)c(OC)c1OC. The van der Waals surface area contributed by atoms with E-state index >= 15 is 0 Å². The van der Waals surface area contributed by atoms with E-state index < -0.39 is 5.41 Å². The van der Waals surface area contributed by atoms with Gasteiger partial charge >= 0.3 is 5.97 Å². The third-order valence-electron chi connectivity index (χ3n) is 4.49. The van der Waals surface area contributed by atoms with Crippen molar-refractivity contribution in [2.24, 2.45) is 5.41 Å². The average molecular weight is 412 g/mol. The molecular formula is C23H24O7. The number of hydrogen-bond acceptors (Lipinski definition) is 7. The van der Waals surface area contributed by atoms with Gasteiger partial charge in [0.05, 0.1) is 32.3 Å². The number of hydrogen-bond donors (Lipinski definition) is 0. The standard InChI is InChI=1S/C23H24O7/c1-23(2,3)22(25)29-14-8-9-15-17(12-14)30-18(19(15)24)11-13-7-10-16(26-4)21(28-6)20(13)27-5/h7-12H,1-6H3. The van der Waals surface area contributed by atoms with E-state index in [0.717, 1.165) is 0 Å². The fourth-order valence-corrected chi connectivity index (χ4v) is 2.87. The molecule has 0 amide bonds. The molecule has 0 aromatic heterocycles. The van der Waals surface area contributed by atoms with Crippen LogP contribution >= 0.6 is 0 Å². The van der Waals surface area contributed by atoms with Crippen LogP contribution < -0.4 is 23.7 Å². The van der Waals surface area contributed by atoms with Gasteiger partial charge in [-0.3, -0.25) is 9.59 Å². The van der Waals surface area contributed by atoms with Crippen LogP contribution in [0.15, 0.2) is 36.1 Å². The minimum absolute atomic E-state index is 0.120. The number of ketones is 1. The van der Waals surface area contributed by atoms with Crippen molar-refractivity contribution in [3.8, 4) is 28.7 Å². The van der Waals surface area contributed by atoms with Crippen LogP contribution in [-0.2, 0) is 4.79 Å². The number of allylic oxidation sites excluding steroid dienone is 1. The van der Waals surface area contributed by atoms with E-state index in [1.165, 1.54) is 27.4 Å². The Morgan fingerprint density at radius 2 is 1.67 bits per heavy atom. The number of methoxy groups -OCH3 is 3. The first-order chi connectivity index (χ1) is 14.2. The van der Waals surface area contributed by atoms with Crippen LogP contribution in [0.3, 0.4) is 0 Å². The highest BCUT2D eigenvalue weighted by atomic mass is 16.5. The van der Waals surface area contributed by atoms with Crippen molar-refractivity contribution < 1.29 is 33.3 Å². The molecule has 2 aromatic carbocycles. The van der Waals surface area contributed by atoms with Crippen molar-refractivity contribution in [3.05, 3.63) is 47.2 Å². The van der Waals surface area contributed by atoms with Gasteiger partial charge in [-0.05, 0) is 51.1 Å². The highest BCUT2D eigenvalue weighted by Crippen LogP contribution is 2.42. The number of carbonyl (C=O) groups excluding carboxylic acids is 2. The van der Waals surface area contributed by atoms with E-state index in [4.69, 9.17) is 23.7 Å². The molecule has 0 atom stereocenters.